The van der Waals surface area contributed by atoms with Gasteiger partial charge in [-0.3, -0.25) is 14.5 Å². The molecule has 1 fully saturated rings. The van der Waals surface area contributed by atoms with E-state index in [-0.39, 0.29) is 5.91 Å². The van der Waals surface area contributed by atoms with Crippen LogP contribution in [0.1, 0.15) is 50.8 Å². The highest BCUT2D eigenvalue weighted by molar-refractivity contribution is 6.08. The first-order chi connectivity index (χ1) is 14.3. The van der Waals surface area contributed by atoms with Gasteiger partial charge in [0.25, 0.3) is 5.91 Å². The van der Waals surface area contributed by atoms with Gasteiger partial charge in [-0.2, -0.15) is 0 Å². The van der Waals surface area contributed by atoms with Crippen LogP contribution in [0.15, 0.2) is 48.5 Å². The molecule has 0 unspecified atom stereocenters. The highest BCUT2D eigenvalue weighted by atomic mass is 16.5. The van der Waals surface area contributed by atoms with Crippen molar-refractivity contribution < 1.29 is 19.1 Å². The van der Waals surface area contributed by atoms with E-state index in [0.29, 0.717) is 12.3 Å². The number of fused-ring (bicyclic) bond motifs is 3. The molecule has 0 spiro atoms. The third kappa shape index (κ3) is 3.47. The second-order valence-corrected chi connectivity index (χ2v) is 8.63. The van der Waals surface area contributed by atoms with E-state index < -0.39 is 30.2 Å². The van der Waals surface area contributed by atoms with E-state index in [0.717, 1.165) is 33.6 Å². The molecule has 0 bridgehead atoms. The Balaban J connectivity index is 1.49. The van der Waals surface area contributed by atoms with E-state index in [1.165, 1.54) is 0 Å². The SMILES string of the molecule is CC(C)CC[C@]1(C)NC(=O)N(CC(=O)OC2c3ccccc3-c3ccccc32)C1=O. The van der Waals surface area contributed by atoms with Crippen molar-refractivity contribution in [1.29, 1.82) is 0 Å². The summed E-state index contributed by atoms with van der Waals surface area (Å²) < 4.78 is 5.78. The van der Waals surface area contributed by atoms with Crippen molar-refractivity contribution in [2.75, 3.05) is 6.54 Å². The summed E-state index contributed by atoms with van der Waals surface area (Å²) in [7, 11) is 0. The number of amides is 3. The normalized spacial score (nSPS) is 20.3. The Bertz CT molecular complexity index is 970. The molecule has 3 amide bonds. The van der Waals surface area contributed by atoms with Crippen molar-refractivity contribution in [3.63, 3.8) is 0 Å². The molecule has 0 radical (unpaired) electrons. The van der Waals surface area contributed by atoms with Gasteiger partial charge in [0.1, 0.15) is 12.1 Å². The molecule has 2 aromatic carbocycles. The maximum atomic E-state index is 12.9. The number of urea groups is 1. The average Bonchev–Trinajstić information content (AvgIpc) is 3.14. The van der Waals surface area contributed by atoms with E-state index in [2.05, 4.69) is 19.2 Å². The third-order valence-corrected chi connectivity index (χ3v) is 5.88. The number of nitrogens with one attached hydrogen (secondary N) is 1. The molecule has 2 aliphatic rings. The topological polar surface area (TPSA) is 75.7 Å². The maximum absolute atomic E-state index is 12.9. The lowest BCUT2D eigenvalue weighted by atomic mass is 9.92. The average molecular weight is 406 g/mol. The molecular formula is C24H26N2O4. The molecule has 0 aromatic heterocycles. The van der Waals surface area contributed by atoms with Crippen LogP contribution < -0.4 is 5.32 Å². The smallest absolute Gasteiger partial charge is 0.327 e. The van der Waals surface area contributed by atoms with Crippen molar-refractivity contribution in [3.8, 4) is 11.1 Å². The van der Waals surface area contributed by atoms with Gasteiger partial charge in [-0.15, -0.1) is 0 Å². The lowest BCUT2D eigenvalue weighted by molar-refractivity contribution is -0.150. The van der Waals surface area contributed by atoms with Crippen molar-refractivity contribution in [1.82, 2.24) is 10.2 Å². The van der Waals surface area contributed by atoms with E-state index in [4.69, 9.17) is 4.74 Å². The summed E-state index contributed by atoms with van der Waals surface area (Å²) >= 11 is 0. The number of imide groups is 1. The van der Waals surface area contributed by atoms with Crippen LogP contribution in [0.2, 0.25) is 0 Å². The van der Waals surface area contributed by atoms with Gasteiger partial charge in [0.15, 0.2) is 6.10 Å². The lowest BCUT2D eigenvalue weighted by Crippen LogP contribution is -2.44. The minimum atomic E-state index is -0.978. The number of hydrogen-bond acceptors (Lipinski definition) is 4. The maximum Gasteiger partial charge on any atom is 0.327 e. The second kappa shape index (κ2) is 7.59. The Hall–Kier alpha value is -3.15. The van der Waals surface area contributed by atoms with Gasteiger partial charge in [0.2, 0.25) is 0 Å². The molecule has 1 saturated heterocycles. The van der Waals surface area contributed by atoms with Gasteiger partial charge >= 0.3 is 12.0 Å². The van der Waals surface area contributed by atoms with Crippen LogP contribution >= 0.6 is 0 Å². The largest absolute Gasteiger partial charge is 0.451 e. The van der Waals surface area contributed by atoms with Crippen LogP contribution in [0, 0.1) is 5.92 Å². The molecule has 30 heavy (non-hydrogen) atoms. The van der Waals surface area contributed by atoms with Crippen LogP contribution in [0.25, 0.3) is 11.1 Å². The molecule has 1 aliphatic carbocycles. The fourth-order valence-electron chi connectivity index (χ4n) is 4.17. The minimum Gasteiger partial charge on any atom is -0.451 e. The fourth-order valence-corrected chi connectivity index (χ4v) is 4.17. The van der Waals surface area contributed by atoms with Gasteiger partial charge in [-0.1, -0.05) is 62.4 Å². The first kappa shape index (κ1) is 20.1. The number of rotatable bonds is 6. The van der Waals surface area contributed by atoms with Crippen molar-refractivity contribution in [2.45, 2.75) is 45.3 Å². The highest BCUT2D eigenvalue weighted by Crippen LogP contribution is 2.45. The molecule has 0 saturated carbocycles. The molecule has 156 valence electrons. The zero-order valence-electron chi connectivity index (χ0n) is 17.5. The third-order valence-electron chi connectivity index (χ3n) is 5.88. The van der Waals surface area contributed by atoms with Crippen molar-refractivity contribution >= 4 is 17.9 Å². The second-order valence-electron chi connectivity index (χ2n) is 8.63. The van der Waals surface area contributed by atoms with Crippen molar-refractivity contribution in [3.05, 3.63) is 59.7 Å². The van der Waals surface area contributed by atoms with Crippen LogP contribution in [-0.2, 0) is 14.3 Å². The zero-order valence-corrected chi connectivity index (χ0v) is 17.5. The summed E-state index contributed by atoms with van der Waals surface area (Å²) in [4.78, 5) is 39.0. The number of benzene rings is 2. The van der Waals surface area contributed by atoms with Crippen LogP contribution in [0.4, 0.5) is 4.79 Å². The predicted molar refractivity (Wildman–Crippen MR) is 113 cm³/mol. The highest BCUT2D eigenvalue weighted by Gasteiger charge is 2.48. The summed E-state index contributed by atoms with van der Waals surface area (Å²) in [6.45, 7) is 5.45. The predicted octanol–water partition coefficient (Wildman–Crippen LogP) is 4.05. The Labute approximate surface area is 176 Å². The number of carbonyl (C=O) groups is 3. The zero-order chi connectivity index (χ0) is 21.5. The van der Waals surface area contributed by atoms with E-state index >= 15 is 0 Å². The number of hydrogen-bond donors (Lipinski definition) is 1. The van der Waals surface area contributed by atoms with Crippen LogP contribution in [0.5, 0.6) is 0 Å². The fraction of sp³-hybridized carbons (Fsp3) is 0.375. The first-order valence-corrected chi connectivity index (χ1v) is 10.3. The monoisotopic (exact) mass is 406 g/mol. The number of carbonyl (C=O) groups excluding carboxylic acids is 3. The van der Waals surface area contributed by atoms with Crippen LogP contribution in [0.3, 0.4) is 0 Å². The van der Waals surface area contributed by atoms with Crippen molar-refractivity contribution in [2.24, 2.45) is 5.92 Å². The van der Waals surface area contributed by atoms with E-state index in [1.54, 1.807) is 6.92 Å². The minimum absolute atomic E-state index is 0.377. The summed E-state index contributed by atoms with van der Waals surface area (Å²) in [5.74, 6) is -0.575. The van der Waals surface area contributed by atoms with E-state index in [9.17, 15) is 14.4 Å². The Morgan fingerprint density at radius 1 is 1.07 bits per heavy atom. The molecule has 1 N–H and O–H groups in total. The molecular weight excluding hydrogens is 380 g/mol. The summed E-state index contributed by atoms with van der Waals surface area (Å²) in [5, 5.41) is 2.75. The van der Waals surface area contributed by atoms with Gasteiger partial charge < -0.3 is 10.1 Å². The lowest BCUT2D eigenvalue weighted by Gasteiger charge is -2.22. The standard InChI is InChI=1S/C24H26N2O4/c1-15(2)12-13-24(3)22(28)26(23(29)25-24)14-20(27)30-21-18-10-6-4-8-16(18)17-9-5-7-11-19(17)21/h4-11,15,21H,12-14H2,1-3H3,(H,25,29)/t24-/m0/s1. The van der Waals surface area contributed by atoms with E-state index in [1.807, 2.05) is 48.5 Å². The summed E-state index contributed by atoms with van der Waals surface area (Å²) in [5.41, 5.74) is 2.90. The molecule has 1 aliphatic heterocycles. The number of ether oxygens (including phenoxy) is 1. The Morgan fingerprint density at radius 2 is 1.63 bits per heavy atom. The van der Waals surface area contributed by atoms with Gasteiger partial charge in [0, 0.05) is 11.1 Å². The van der Waals surface area contributed by atoms with Gasteiger partial charge in [0.05, 0.1) is 0 Å². The molecule has 4 rings (SSSR count). The van der Waals surface area contributed by atoms with Gasteiger partial charge in [-0.05, 0) is 36.8 Å². The van der Waals surface area contributed by atoms with Gasteiger partial charge in [-0.25, -0.2) is 4.79 Å². The molecule has 6 nitrogen and oxygen atoms in total. The Morgan fingerprint density at radius 3 is 2.20 bits per heavy atom. The quantitative estimate of drug-likeness (QED) is 0.580. The van der Waals surface area contributed by atoms with Crippen LogP contribution in [-0.4, -0.2) is 34.9 Å². The number of nitrogens with zero attached hydrogens (tertiary/aromatic N) is 1. The number of esters is 1. The summed E-state index contributed by atoms with van der Waals surface area (Å²) in [6, 6.07) is 15.0. The molecule has 1 heterocycles. The molecule has 2 aromatic rings. The Kier molecular flexibility index (Phi) is 5.10. The molecule has 6 heteroatoms. The molecule has 1 atom stereocenters. The first-order valence-electron chi connectivity index (χ1n) is 10.3. The summed E-state index contributed by atoms with van der Waals surface area (Å²) in [6.07, 6.45) is 0.790.